The van der Waals surface area contributed by atoms with E-state index in [2.05, 4.69) is 21.2 Å². The maximum atomic E-state index is 10.7. The molecule has 0 aromatic heterocycles. The Hall–Kier alpha value is -1.82. The summed E-state index contributed by atoms with van der Waals surface area (Å²) in [5.74, 6) is -2.66. The first-order valence-electron chi connectivity index (χ1n) is 4.20. The second kappa shape index (κ2) is 5.32. The van der Waals surface area contributed by atoms with Crippen molar-refractivity contribution >= 4 is 33.6 Å². The second-order valence-corrected chi connectivity index (χ2v) is 3.66. The molecule has 16 heavy (non-hydrogen) atoms. The Balaban J connectivity index is 2.98. The van der Waals surface area contributed by atoms with E-state index >= 15 is 0 Å². The van der Waals surface area contributed by atoms with E-state index in [0.29, 0.717) is 16.2 Å². The molecule has 1 rings (SSSR count). The van der Waals surface area contributed by atoms with Gasteiger partial charge in [0.05, 0.1) is 11.8 Å². The molecule has 0 saturated carbocycles. The van der Waals surface area contributed by atoms with Crippen LogP contribution in [0.15, 0.2) is 40.5 Å². The predicted octanol–water partition coefficient (Wildman–Crippen LogP) is 1.91. The van der Waals surface area contributed by atoms with E-state index < -0.39 is 17.6 Å². The van der Waals surface area contributed by atoms with Gasteiger partial charge in [-0.3, -0.25) is 0 Å². The molecule has 5 nitrogen and oxygen atoms in total. The van der Waals surface area contributed by atoms with Crippen LogP contribution >= 0.6 is 15.9 Å². The Morgan fingerprint density at radius 3 is 2.38 bits per heavy atom. The molecule has 0 unspecified atom stereocenters. The van der Waals surface area contributed by atoms with E-state index in [1.54, 1.807) is 24.3 Å². The molecule has 0 saturated heterocycles. The van der Waals surface area contributed by atoms with Gasteiger partial charge >= 0.3 is 11.9 Å². The average molecular weight is 286 g/mol. The molecule has 0 radical (unpaired) electrons. The highest BCUT2D eigenvalue weighted by molar-refractivity contribution is 9.10. The smallest absolute Gasteiger partial charge is 0.352 e. The van der Waals surface area contributed by atoms with Crippen molar-refractivity contribution in [3.05, 3.63) is 40.5 Å². The number of anilines is 1. The number of hydrogen-bond donors (Lipinski definition) is 3. The summed E-state index contributed by atoms with van der Waals surface area (Å²) in [5, 5.41) is 19.8. The van der Waals surface area contributed by atoms with E-state index in [1.165, 1.54) is 0 Å². The van der Waals surface area contributed by atoms with E-state index in [9.17, 15) is 9.59 Å². The van der Waals surface area contributed by atoms with Crippen LogP contribution < -0.4 is 5.32 Å². The number of nitrogens with one attached hydrogen (secondary N) is 1. The van der Waals surface area contributed by atoms with Crippen LogP contribution in [0.2, 0.25) is 0 Å². The van der Waals surface area contributed by atoms with E-state index in [-0.39, 0.29) is 0 Å². The first-order chi connectivity index (χ1) is 7.50. The minimum absolute atomic E-state index is 0.403. The zero-order valence-corrected chi connectivity index (χ0v) is 9.56. The molecule has 1 aromatic rings. The third-order valence-electron chi connectivity index (χ3n) is 1.64. The maximum Gasteiger partial charge on any atom is 0.352 e. The lowest BCUT2D eigenvalue weighted by atomic mass is 10.3. The Labute approximate surface area is 99.5 Å². The molecule has 6 heteroatoms. The molecule has 3 N–H and O–H groups in total. The van der Waals surface area contributed by atoms with Gasteiger partial charge in [0, 0.05) is 4.47 Å². The fourth-order valence-corrected chi connectivity index (χ4v) is 1.37. The highest BCUT2D eigenvalue weighted by Gasteiger charge is 2.10. The first kappa shape index (κ1) is 12.3. The van der Waals surface area contributed by atoms with Gasteiger partial charge in [-0.15, -0.1) is 0 Å². The van der Waals surface area contributed by atoms with Gasteiger partial charge in [0.15, 0.2) is 0 Å². The van der Waals surface area contributed by atoms with E-state index in [1.807, 2.05) is 0 Å². The van der Waals surface area contributed by atoms with Crippen molar-refractivity contribution < 1.29 is 19.8 Å². The quantitative estimate of drug-likeness (QED) is 0.736. The largest absolute Gasteiger partial charge is 0.478 e. The van der Waals surface area contributed by atoms with Crippen LogP contribution in [0.5, 0.6) is 0 Å². The van der Waals surface area contributed by atoms with Crippen molar-refractivity contribution in [1.29, 1.82) is 0 Å². The molecule has 0 aliphatic rings. The van der Waals surface area contributed by atoms with Crippen molar-refractivity contribution in [2.24, 2.45) is 0 Å². The Bertz CT molecular complexity index is 456. The number of rotatable bonds is 4. The normalized spacial score (nSPS) is 10.9. The third-order valence-corrected chi connectivity index (χ3v) is 2.33. The number of carbonyl (C=O) groups is 2. The Kier molecular flexibility index (Phi) is 4.07. The minimum Gasteiger partial charge on any atom is -0.478 e. The zero-order valence-electron chi connectivity index (χ0n) is 7.98. The van der Waals surface area contributed by atoms with Crippen LogP contribution in [0.25, 0.3) is 0 Å². The second-order valence-electron chi connectivity index (χ2n) is 2.81. The fraction of sp³-hybridized carbons (Fsp3) is 0. The maximum absolute atomic E-state index is 10.7. The van der Waals surface area contributed by atoms with Crippen molar-refractivity contribution in [2.45, 2.75) is 0 Å². The highest BCUT2D eigenvalue weighted by Crippen LogP contribution is 2.22. The highest BCUT2D eigenvalue weighted by atomic mass is 79.9. The lowest BCUT2D eigenvalue weighted by Crippen LogP contribution is -2.12. The number of carboxylic acids is 2. The van der Waals surface area contributed by atoms with Gasteiger partial charge < -0.3 is 15.5 Å². The summed E-state index contributed by atoms with van der Waals surface area (Å²) in [5.41, 5.74) is 0.0804. The minimum atomic E-state index is -1.34. The summed E-state index contributed by atoms with van der Waals surface area (Å²) in [6.45, 7) is 0. The molecule has 0 aliphatic carbocycles. The number of halogens is 1. The summed E-state index contributed by atoms with van der Waals surface area (Å²) < 4.78 is 0.646. The van der Waals surface area contributed by atoms with Crippen LogP contribution in [-0.2, 0) is 9.59 Å². The summed E-state index contributed by atoms with van der Waals surface area (Å²) in [6, 6.07) is 6.80. The third kappa shape index (κ3) is 3.39. The molecule has 0 fully saturated rings. The number of carboxylic acid groups (broad SMARTS) is 2. The van der Waals surface area contributed by atoms with E-state index in [4.69, 9.17) is 10.2 Å². The van der Waals surface area contributed by atoms with Gasteiger partial charge in [-0.25, -0.2) is 9.59 Å². The van der Waals surface area contributed by atoms with Crippen LogP contribution in [0.1, 0.15) is 0 Å². The molecule has 1 aromatic carbocycles. The predicted molar refractivity (Wildman–Crippen MR) is 61.1 cm³/mol. The fourth-order valence-electron chi connectivity index (χ4n) is 0.982. The number of benzene rings is 1. The molecule has 0 spiro atoms. The molecule has 0 amide bonds. The molecular weight excluding hydrogens is 278 g/mol. The molecule has 0 heterocycles. The van der Waals surface area contributed by atoms with Crippen molar-refractivity contribution in [1.82, 2.24) is 0 Å². The van der Waals surface area contributed by atoms with Crippen molar-refractivity contribution in [2.75, 3.05) is 5.32 Å². The SMILES string of the molecule is O=C(O)C=C(Nc1ccccc1Br)C(=O)O. The van der Waals surface area contributed by atoms with Gasteiger partial charge in [0.1, 0.15) is 5.70 Å². The van der Waals surface area contributed by atoms with Gasteiger partial charge in [-0.1, -0.05) is 12.1 Å². The van der Waals surface area contributed by atoms with Crippen LogP contribution in [0.3, 0.4) is 0 Å². The summed E-state index contributed by atoms with van der Waals surface area (Å²) in [4.78, 5) is 21.1. The lowest BCUT2D eigenvalue weighted by Gasteiger charge is -2.07. The monoisotopic (exact) mass is 285 g/mol. The molecule has 0 bridgehead atoms. The standard InChI is InChI=1S/C10H8BrNO4/c11-6-3-1-2-4-7(6)12-8(10(15)16)5-9(13)14/h1-5,12H,(H,13,14)(H,15,16). The van der Waals surface area contributed by atoms with Crippen molar-refractivity contribution in [3.63, 3.8) is 0 Å². The van der Waals surface area contributed by atoms with Crippen LogP contribution in [-0.4, -0.2) is 22.2 Å². The van der Waals surface area contributed by atoms with Crippen LogP contribution in [0, 0.1) is 0 Å². The van der Waals surface area contributed by atoms with Gasteiger partial charge in [0.2, 0.25) is 0 Å². The number of aliphatic carboxylic acids is 2. The molecule has 0 aliphatic heterocycles. The molecular formula is C10H8BrNO4. The average Bonchev–Trinajstić information content (AvgIpc) is 2.19. The van der Waals surface area contributed by atoms with Gasteiger partial charge in [-0.2, -0.15) is 0 Å². The summed E-state index contributed by atoms with van der Waals surface area (Å²) in [7, 11) is 0. The summed E-state index contributed by atoms with van der Waals surface area (Å²) in [6.07, 6.45) is 0.599. The summed E-state index contributed by atoms with van der Waals surface area (Å²) >= 11 is 3.21. The van der Waals surface area contributed by atoms with Gasteiger partial charge in [0.25, 0.3) is 0 Å². The zero-order chi connectivity index (χ0) is 12.1. The Morgan fingerprint density at radius 2 is 1.88 bits per heavy atom. The van der Waals surface area contributed by atoms with Crippen molar-refractivity contribution in [3.8, 4) is 0 Å². The number of hydrogen-bond acceptors (Lipinski definition) is 3. The Morgan fingerprint density at radius 1 is 1.25 bits per heavy atom. The van der Waals surface area contributed by atoms with E-state index in [0.717, 1.165) is 0 Å². The van der Waals surface area contributed by atoms with Crippen LogP contribution in [0.4, 0.5) is 5.69 Å². The first-order valence-corrected chi connectivity index (χ1v) is 4.99. The lowest BCUT2D eigenvalue weighted by molar-refractivity contribution is -0.134. The number of para-hydroxylation sites is 1. The van der Waals surface area contributed by atoms with Gasteiger partial charge in [-0.05, 0) is 28.1 Å². The molecule has 0 atom stereocenters. The molecule has 84 valence electrons. The topological polar surface area (TPSA) is 86.6 Å².